The van der Waals surface area contributed by atoms with Crippen molar-refractivity contribution in [2.24, 2.45) is 5.73 Å². The van der Waals surface area contributed by atoms with Crippen LogP contribution in [0.2, 0.25) is 0 Å². The Hall–Kier alpha value is -1.75. The second-order valence-electron chi connectivity index (χ2n) is 6.25. The Bertz CT molecular complexity index is 624. The van der Waals surface area contributed by atoms with Crippen LogP contribution in [-0.2, 0) is 19.6 Å². The van der Waals surface area contributed by atoms with Crippen molar-refractivity contribution in [3.63, 3.8) is 0 Å². The maximum absolute atomic E-state index is 6.07. The number of pyridine rings is 1. The minimum absolute atomic E-state index is 0.291. The van der Waals surface area contributed by atoms with Crippen molar-refractivity contribution in [3.05, 3.63) is 65.0 Å². The van der Waals surface area contributed by atoms with Gasteiger partial charge in [0, 0.05) is 38.4 Å². The maximum atomic E-state index is 6.07. The number of benzene rings is 1. The minimum atomic E-state index is 0.291. The lowest BCUT2D eigenvalue weighted by molar-refractivity contribution is 0.208. The highest BCUT2D eigenvalue weighted by molar-refractivity contribution is 5.38. The van der Waals surface area contributed by atoms with E-state index in [0.29, 0.717) is 12.6 Å². The molecule has 116 valence electrons. The Morgan fingerprint density at radius 1 is 1.27 bits per heavy atom. The van der Waals surface area contributed by atoms with E-state index in [4.69, 9.17) is 5.73 Å². The van der Waals surface area contributed by atoms with Crippen LogP contribution in [0.15, 0.2) is 42.6 Å². The molecule has 2 aromatic rings. The number of hydrogen-bond acceptors (Lipinski definition) is 4. The second kappa shape index (κ2) is 6.57. The number of fused-ring (bicyclic) bond motifs is 1. The van der Waals surface area contributed by atoms with Crippen LogP contribution in [0.4, 0.5) is 0 Å². The summed E-state index contributed by atoms with van der Waals surface area (Å²) < 4.78 is 0. The molecule has 0 saturated heterocycles. The van der Waals surface area contributed by atoms with Crippen LogP contribution in [0.5, 0.6) is 0 Å². The number of aromatic nitrogens is 1. The molecule has 1 aromatic heterocycles. The zero-order valence-electron chi connectivity index (χ0n) is 13.4. The molecular weight excluding hydrogens is 272 g/mol. The van der Waals surface area contributed by atoms with E-state index < -0.39 is 0 Å². The smallest absolute Gasteiger partial charge is 0.0544 e. The van der Waals surface area contributed by atoms with E-state index in [2.05, 4.69) is 53.1 Å². The summed E-state index contributed by atoms with van der Waals surface area (Å²) in [6, 6.07) is 13.2. The molecule has 0 aliphatic carbocycles. The second-order valence-corrected chi connectivity index (χ2v) is 6.25. The normalized spacial score (nSPS) is 17.9. The van der Waals surface area contributed by atoms with Gasteiger partial charge in [0.2, 0.25) is 0 Å². The molecule has 2 heterocycles. The molecule has 4 heteroatoms. The van der Waals surface area contributed by atoms with Gasteiger partial charge in [-0.2, -0.15) is 0 Å². The molecule has 1 aromatic carbocycles. The van der Waals surface area contributed by atoms with Gasteiger partial charge in [-0.1, -0.05) is 24.3 Å². The Kier molecular flexibility index (Phi) is 4.52. The summed E-state index contributed by atoms with van der Waals surface area (Å²) in [5, 5.41) is 0. The van der Waals surface area contributed by atoms with E-state index in [1.54, 1.807) is 0 Å². The summed E-state index contributed by atoms with van der Waals surface area (Å²) in [6.45, 7) is 3.41. The molecule has 22 heavy (non-hydrogen) atoms. The lowest BCUT2D eigenvalue weighted by Crippen LogP contribution is -2.27. The van der Waals surface area contributed by atoms with Gasteiger partial charge in [0.15, 0.2) is 0 Å². The topological polar surface area (TPSA) is 45.4 Å². The predicted molar refractivity (Wildman–Crippen MR) is 89.1 cm³/mol. The van der Waals surface area contributed by atoms with Gasteiger partial charge in [0.1, 0.15) is 0 Å². The molecule has 0 fully saturated rings. The molecule has 0 amide bonds. The lowest BCUT2D eigenvalue weighted by Gasteiger charge is -2.23. The first-order valence-electron chi connectivity index (χ1n) is 7.78. The van der Waals surface area contributed by atoms with Crippen molar-refractivity contribution in [1.29, 1.82) is 0 Å². The van der Waals surface area contributed by atoms with Crippen LogP contribution in [0.3, 0.4) is 0 Å². The molecule has 0 spiro atoms. The SMILES string of the molecule is CN(C)Cc1ccc2c(c1)C(CN)N(Cc1ccccn1)C2. The average molecular weight is 296 g/mol. The molecule has 3 rings (SSSR count). The van der Waals surface area contributed by atoms with E-state index in [-0.39, 0.29) is 0 Å². The van der Waals surface area contributed by atoms with E-state index in [1.807, 2.05) is 18.3 Å². The summed E-state index contributed by atoms with van der Waals surface area (Å²) in [6.07, 6.45) is 1.85. The van der Waals surface area contributed by atoms with Crippen LogP contribution in [0, 0.1) is 0 Å². The number of nitrogens with zero attached hydrogens (tertiary/aromatic N) is 3. The van der Waals surface area contributed by atoms with Gasteiger partial charge < -0.3 is 10.6 Å². The highest BCUT2D eigenvalue weighted by Crippen LogP contribution is 2.34. The third kappa shape index (κ3) is 3.19. The fourth-order valence-electron chi connectivity index (χ4n) is 3.23. The van der Waals surface area contributed by atoms with Gasteiger partial charge in [0.25, 0.3) is 0 Å². The van der Waals surface area contributed by atoms with Crippen LogP contribution in [0.1, 0.15) is 28.4 Å². The summed E-state index contributed by atoms with van der Waals surface area (Å²) in [5.41, 5.74) is 11.3. The summed E-state index contributed by atoms with van der Waals surface area (Å²) in [5.74, 6) is 0. The van der Waals surface area contributed by atoms with Crippen LogP contribution < -0.4 is 5.73 Å². The van der Waals surface area contributed by atoms with Gasteiger partial charge in [-0.05, 0) is 42.9 Å². The van der Waals surface area contributed by atoms with Gasteiger partial charge in [-0.3, -0.25) is 9.88 Å². The minimum Gasteiger partial charge on any atom is -0.329 e. The van der Waals surface area contributed by atoms with Crippen LogP contribution >= 0.6 is 0 Å². The quantitative estimate of drug-likeness (QED) is 0.918. The zero-order valence-corrected chi connectivity index (χ0v) is 13.4. The summed E-state index contributed by atoms with van der Waals surface area (Å²) >= 11 is 0. The van der Waals surface area contributed by atoms with Gasteiger partial charge >= 0.3 is 0 Å². The summed E-state index contributed by atoms with van der Waals surface area (Å²) in [4.78, 5) is 9.06. The van der Waals surface area contributed by atoms with Gasteiger partial charge in [-0.25, -0.2) is 0 Å². The standard InChI is InChI=1S/C18H24N4/c1-21(2)11-14-6-7-15-12-22(18(10-19)17(15)9-14)13-16-5-3-4-8-20-16/h3-9,18H,10-13,19H2,1-2H3. The molecule has 0 radical (unpaired) electrons. The molecule has 4 nitrogen and oxygen atoms in total. The third-order valence-corrected chi connectivity index (χ3v) is 4.20. The van der Waals surface area contributed by atoms with Crippen molar-refractivity contribution in [2.45, 2.75) is 25.7 Å². The highest BCUT2D eigenvalue weighted by Gasteiger charge is 2.29. The van der Waals surface area contributed by atoms with E-state index >= 15 is 0 Å². The Labute approximate surface area is 132 Å². The highest BCUT2D eigenvalue weighted by atomic mass is 15.2. The first-order valence-corrected chi connectivity index (χ1v) is 7.78. The van der Waals surface area contributed by atoms with Crippen LogP contribution in [0.25, 0.3) is 0 Å². The third-order valence-electron chi connectivity index (χ3n) is 4.20. The number of nitrogens with two attached hydrogens (primary N) is 1. The van der Waals surface area contributed by atoms with E-state index in [1.165, 1.54) is 16.7 Å². The summed E-state index contributed by atoms with van der Waals surface area (Å²) in [7, 11) is 4.20. The van der Waals surface area contributed by atoms with Gasteiger partial charge in [-0.15, -0.1) is 0 Å². The van der Waals surface area contributed by atoms with Crippen molar-refractivity contribution in [2.75, 3.05) is 20.6 Å². The Morgan fingerprint density at radius 2 is 2.14 bits per heavy atom. The van der Waals surface area contributed by atoms with Crippen LogP contribution in [-0.4, -0.2) is 35.4 Å². The monoisotopic (exact) mass is 296 g/mol. The molecule has 2 N–H and O–H groups in total. The molecule has 1 atom stereocenters. The van der Waals surface area contributed by atoms with E-state index in [9.17, 15) is 0 Å². The van der Waals surface area contributed by atoms with Crippen molar-refractivity contribution >= 4 is 0 Å². The molecule has 1 aliphatic rings. The fourth-order valence-corrected chi connectivity index (χ4v) is 3.23. The molecule has 0 saturated carbocycles. The molecule has 0 bridgehead atoms. The Balaban J connectivity index is 1.81. The number of rotatable bonds is 5. The van der Waals surface area contributed by atoms with E-state index in [0.717, 1.165) is 25.3 Å². The average Bonchev–Trinajstić information content (AvgIpc) is 2.84. The maximum Gasteiger partial charge on any atom is 0.0544 e. The fraction of sp³-hybridized carbons (Fsp3) is 0.389. The molecular formula is C18H24N4. The molecule has 1 unspecified atom stereocenters. The van der Waals surface area contributed by atoms with Crippen molar-refractivity contribution in [1.82, 2.24) is 14.8 Å². The largest absolute Gasteiger partial charge is 0.329 e. The first-order chi connectivity index (χ1) is 10.7. The molecule has 1 aliphatic heterocycles. The van der Waals surface area contributed by atoms with Crippen molar-refractivity contribution in [3.8, 4) is 0 Å². The zero-order chi connectivity index (χ0) is 15.5. The van der Waals surface area contributed by atoms with Gasteiger partial charge in [0.05, 0.1) is 5.69 Å². The lowest BCUT2D eigenvalue weighted by atomic mass is 10.0. The Morgan fingerprint density at radius 3 is 2.82 bits per heavy atom. The first kappa shape index (κ1) is 15.2. The predicted octanol–water partition coefficient (Wildman–Crippen LogP) is 2.16. The van der Waals surface area contributed by atoms with Crippen molar-refractivity contribution < 1.29 is 0 Å². The number of hydrogen-bond donors (Lipinski definition) is 1.